The van der Waals surface area contributed by atoms with Crippen LogP contribution in [0.1, 0.15) is 32.6 Å². The molecule has 0 aromatic carbocycles. The van der Waals surface area contributed by atoms with Crippen LogP contribution in [-0.2, 0) is 4.79 Å². The van der Waals surface area contributed by atoms with Gasteiger partial charge in [0.1, 0.15) is 5.88 Å². The van der Waals surface area contributed by atoms with Crippen molar-refractivity contribution in [2.75, 3.05) is 5.88 Å². The van der Waals surface area contributed by atoms with Crippen molar-refractivity contribution in [3.63, 3.8) is 0 Å². The Kier molecular flexibility index (Phi) is 2.77. The molecule has 3 heteroatoms. The molecule has 1 saturated carbocycles. The number of carbonyl (C=O) groups excluding carboxylic acids is 1. The average Bonchev–Trinajstić information content (AvgIpc) is 2.70. The van der Waals surface area contributed by atoms with Crippen LogP contribution in [0.4, 0.5) is 0 Å². The van der Waals surface area contributed by atoms with Gasteiger partial charge in [0.25, 0.3) is 0 Å². The first-order valence-electron chi connectivity index (χ1n) is 4.09. The maximum Gasteiger partial charge on any atom is 0.235 e. The third kappa shape index (κ3) is 2.37. The number of hydrogen-bond donors (Lipinski definition) is 1. The topological polar surface area (TPSA) is 29.1 Å². The van der Waals surface area contributed by atoms with Gasteiger partial charge in [-0.05, 0) is 19.3 Å². The molecule has 0 atom stereocenters. The highest BCUT2D eigenvalue weighted by atomic mass is 35.5. The Hall–Kier alpha value is -0.240. The Morgan fingerprint density at radius 1 is 1.64 bits per heavy atom. The Morgan fingerprint density at radius 3 is 2.64 bits per heavy atom. The molecule has 0 aromatic heterocycles. The van der Waals surface area contributed by atoms with Crippen LogP contribution in [0.2, 0.25) is 0 Å². The molecule has 0 radical (unpaired) electrons. The van der Waals surface area contributed by atoms with E-state index in [1.165, 1.54) is 0 Å². The summed E-state index contributed by atoms with van der Waals surface area (Å²) in [5.41, 5.74) is 0.140. The summed E-state index contributed by atoms with van der Waals surface area (Å²) >= 11 is 5.37. The van der Waals surface area contributed by atoms with E-state index in [1.807, 2.05) is 0 Å². The fourth-order valence-corrected chi connectivity index (χ4v) is 1.46. The van der Waals surface area contributed by atoms with Crippen LogP contribution in [0.5, 0.6) is 0 Å². The molecule has 2 nitrogen and oxygen atoms in total. The van der Waals surface area contributed by atoms with Crippen molar-refractivity contribution < 1.29 is 4.79 Å². The molecule has 0 spiro atoms. The quantitative estimate of drug-likeness (QED) is 0.648. The van der Waals surface area contributed by atoms with Gasteiger partial charge in [0.05, 0.1) is 0 Å². The number of halogens is 1. The van der Waals surface area contributed by atoms with Crippen LogP contribution in [0, 0.1) is 0 Å². The van der Waals surface area contributed by atoms with E-state index >= 15 is 0 Å². The van der Waals surface area contributed by atoms with E-state index in [2.05, 4.69) is 12.2 Å². The Bertz CT molecular complexity index is 154. The molecule has 0 saturated heterocycles. The van der Waals surface area contributed by atoms with Crippen molar-refractivity contribution >= 4 is 17.5 Å². The molecule has 0 heterocycles. The molecule has 1 aliphatic rings. The Balaban J connectivity index is 2.29. The highest BCUT2D eigenvalue weighted by Crippen LogP contribution is 2.39. The molecule has 1 aliphatic carbocycles. The van der Waals surface area contributed by atoms with Crippen LogP contribution < -0.4 is 5.32 Å². The number of nitrogens with one attached hydrogen (secondary N) is 1. The van der Waals surface area contributed by atoms with Gasteiger partial charge in [-0.2, -0.15) is 0 Å². The van der Waals surface area contributed by atoms with Gasteiger partial charge in [0.15, 0.2) is 0 Å². The van der Waals surface area contributed by atoms with Gasteiger partial charge < -0.3 is 5.32 Å². The molecule has 1 amide bonds. The molecule has 1 N–H and O–H groups in total. The smallest absolute Gasteiger partial charge is 0.235 e. The van der Waals surface area contributed by atoms with Gasteiger partial charge in [-0.15, -0.1) is 11.6 Å². The maximum absolute atomic E-state index is 10.9. The van der Waals surface area contributed by atoms with Gasteiger partial charge >= 0.3 is 0 Å². The average molecular weight is 176 g/mol. The molecule has 0 bridgehead atoms. The first kappa shape index (κ1) is 8.85. The summed E-state index contributed by atoms with van der Waals surface area (Å²) in [6.45, 7) is 2.13. The minimum Gasteiger partial charge on any atom is -0.350 e. The van der Waals surface area contributed by atoms with E-state index < -0.39 is 0 Å². The van der Waals surface area contributed by atoms with Crippen molar-refractivity contribution in [3.05, 3.63) is 0 Å². The largest absolute Gasteiger partial charge is 0.350 e. The van der Waals surface area contributed by atoms with Crippen molar-refractivity contribution in [3.8, 4) is 0 Å². The van der Waals surface area contributed by atoms with Gasteiger partial charge in [-0.25, -0.2) is 0 Å². The number of amides is 1. The lowest BCUT2D eigenvalue weighted by Gasteiger charge is -2.14. The van der Waals surface area contributed by atoms with Crippen LogP contribution in [0.15, 0.2) is 0 Å². The van der Waals surface area contributed by atoms with Gasteiger partial charge in [-0.3, -0.25) is 4.79 Å². The predicted molar refractivity (Wildman–Crippen MR) is 45.7 cm³/mol. The summed E-state index contributed by atoms with van der Waals surface area (Å²) in [5.74, 6) is 0.0588. The second kappa shape index (κ2) is 3.44. The van der Waals surface area contributed by atoms with Crippen LogP contribution in [-0.4, -0.2) is 17.3 Å². The summed E-state index contributed by atoms with van der Waals surface area (Å²) in [6.07, 6.45) is 4.48. The highest BCUT2D eigenvalue weighted by Gasteiger charge is 2.42. The van der Waals surface area contributed by atoms with Gasteiger partial charge in [0, 0.05) is 5.54 Å². The van der Waals surface area contributed by atoms with Gasteiger partial charge in [0.2, 0.25) is 5.91 Å². The van der Waals surface area contributed by atoms with E-state index in [9.17, 15) is 4.79 Å². The monoisotopic (exact) mass is 175 g/mol. The second-order valence-electron chi connectivity index (χ2n) is 3.21. The first-order valence-corrected chi connectivity index (χ1v) is 4.63. The number of alkyl halides is 1. The third-order valence-electron chi connectivity index (χ3n) is 2.11. The summed E-state index contributed by atoms with van der Waals surface area (Å²) in [4.78, 5) is 10.9. The molecule has 0 unspecified atom stereocenters. The SMILES string of the molecule is CCCC1(NC(=O)CCl)CC1. The summed E-state index contributed by atoms with van der Waals surface area (Å²) < 4.78 is 0. The lowest BCUT2D eigenvalue weighted by atomic mass is 10.1. The van der Waals surface area contributed by atoms with Gasteiger partial charge in [-0.1, -0.05) is 13.3 Å². The Morgan fingerprint density at radius 2 is 2.27 bits per heavy atom. The zero-order valence-corrected chi connectivity index (χ0v) is 7.58. The van der Waals surface area contributed by atoms with Crippen molar-refractivity contribution in [1.29, 1.82) is 0 Å². The van der Waals surface area contributed by atoms with Crippen LogP contribution in [0.25, 0.3) is 0 Å². The number of hydrogen-bond acceptors (Lipinski definition) is 1. The van der Waals surface area contributed by atoms with E-state index in [1.54, 1.807) is 0 Å². The fraction of sp³-hybridized carbons (Fsp3) is 0.875. The summed E-state index contributed by atoms with van der Waals surface area (Å²) in [7, 11) is 0. The maximum atomic E-state index is 10.9. The second-order valence-corrected chi connectivity index (χ2v) is 3.48. The van der Waals surface area contributed by atoms with Crippen molar-refractivity contribution in [2.45, 2.75) is 38.1 Å². The predicted octanol–water partition coefficient (Wildman–Crippen LogP) is 1.67. The standard InChI is InChI=1S/C8H14ClNO/c1-2-3-8(4-5-8)10-7(11)6-9/h2-6H2,1H3,(H,10,11). The molecular formula is C8H14ClNO. The normalized spacial score (nSPS) is 19.5. The fourth-order valence-electron chi connectivity index (χ4n) is 1.40. The van der Waals surface area contributed by atoms with E-state index in [0.29, 0.717) is 0 Å². The zero-order valence-electron chi connectivity index (χ0n) is 6.82. The van der Waals surface area contributed by atoms with E-state index in [4.69, 9.17) is 11.6 Å². The third-order valence-corrected chi connectivity index (χ3v) is 2.35. The highest BCUT2D eigenvalue weighted by molar-refractivity contribution is 6.27. The Labute approximate surface area is 72.3 Å². The van der Waals surface area contributed by atoms with E-state index in [0.717, 1.165) is 25.7 Å². The molecule has 64 valence electrons. The van der Waals surface area contributed by atoms with Crippen molar-refractivity contribution in [2.24, 2.45) is 0 Å². The van der Waals surface area contributed by atoms with Crippen LogP contribution in [0.3, 0.4) is 0 Å². The minimum absolute atomic E-state index is 0.0300. The van der Waals surface area contributed by atoms with E-state index in [-0.39, 0.29) is 17.3 Å². The van der Waals surface area contributed by atoms with Crippen LogP contribution >= 0.6 is 11.6 Å². The molecular weight excluding hydrogens is 162 g/mol. The summed E-state index contributed by atoms with van der Waals surface area (Å²) in [5, 5.41) is 2.95. The molecule has 0 aliphatic heterocycles. The molecule has 1 fully saturated rings. The zero-order chi connectivity index (χ0) is 8.32. The molecule has 11 heavy (non-hydrogen) atoms. The lowest BCUT2D eigenvalue weighted by Crippen LogP contribution is -2.37. The summed E-state index contributed by atoms with van der Waals surface area (Å²) in [6, 6.07) is 0. The minimum atomic E-state index is -0.0300. The first-order chi connectivity index (χ1) is 5.22. The number of carbonyl (C=O) groups is 1. The molecule has 1 rings (SSSR count). The lowest BCUT2D eigenvalue weighted by molar-refractivity contribution is -0.119. The molecule has 0 aromatic rings. The number of rotatable bonds is 4. The van der Waals surface area contributed by atoms with Crippen molar-refractivity contribution in [1.82, 2.24) is 5.32 Å².